The maximum absolute atomic E-state index is 12.1. The molecule has 1 unspecified atom stereocenters. The topological polar surface area (TPSA) is 61.0 Å². The number of fused-ring (bicyclic) bond motifs is 1. The van der Waals surface area contributed by atoms with Crippen LogP contribution in [0.15, 0.2) is 24.4 Å². The number of carbonyl (C=O) groups excluding carboxylic acids is 1. The molecule has 5 heteroatoms. The van der Waals surface area contributed by atoms with Gasteiger partial charge in [-0.15, -0.1) is 0 Å². The van der Waals surface area contributed by atoms with Crippen LogP contribution in [0.5, 0.6) is 0 Å². The van der Waals surface area contributed by atoms with Crippen LogP contribution < -0.4 is 5.32 Å². The average Bonchev–Trinajstić information content (AvgIpc) is 2.96. The Kier molecular flexibility index (Phi) is 2.76. The largest absolute Gasteiger partial charge is 0.348 e. The van der Waals surface area contributed by atoms with Crippen molar-refractivity contribution in [3.8, 4) is 0 Å². The van der Waals surface area contributed by atoms with Gasteiger partial charge in [0.05, 0.1) is 11.7 Å². The molecule has 5 nitrogen and oxygen atoms in total. The molecule has 1 aliphatic rings. The maximum atomic E-state index is 12.1. The van der Waals surface area contributed by atoms with Crippen LogP contribution in [0.25, 0.3) is 10.9 Å². The minimum Gasteiger partial charge on any atom is -0.348 e. The van der Waals surface area contributed by atoms with Crippen LogP contribution in [0.3, 0.4) is 0 Å². The zero-order valence-corrected chi connectivity index (χ0v) is 10.3. The standard InChI is InChI=1S/C13H16N4O/c1-17-5-4-11(8-17)15-13(18)9-2-3-10-7-14-16-12(10)6-9/h2-3,6-7,11H,4-5,8H2,1H3,(H,14,16)(H,15,18). The first-order valence-electron chi connectivity index (χ1n) is 6.15. The summed E-state index contributed by atoms with van der Waals surface area (Å²) in [6.07, 6.45) is 2.78. The van der Waals surface area contributed by atoms with Crippen molar-refractivity contribution in [2.75, 3.05) is 20.1 Å². The quantitative estimate of drug-likeness (QED) is 0.828. The second-order valence-electron chi connectivity index (χ2n) is 4.89. The Morgan fingerprint density at radius 2 is 2.44 bits per heavy atom. The van der Waals surface area contributed by atoms with Gasteiger partial charge in [0.1, 0.15) is 0 Å². The third-order valence-electron chi connectivity index (χ3n) is 3.43. The number of likely N-dealkylation sites (N-methyl/N-ethyl adjacent to an activating group) is 1. The van der Waals surface area contributed by atoms with Gasteiger partial charge in [-0.1, -0.05) is 6.07 Å². The highest BCUT2D eigenvalue weighted by atomic mass is 16.1. The number of hydrogen-bond donors (Lipinski definition) is 2. The van der Waals surface area contributed by atoms with Crippen LogP contribution in [0.2, 0.25) is 0 Å². The molecule has 2 N–H and O–H groups in total. The summed E-state index contributed by atoms with van der Waals surface area (Å²) in [5.41, 5.74) is 1.58. The van der Waals surface area contributed by atoms with Gasteiger partial charge in [0.2, 0.25) is 0 Å². The minimum absolute atomic E-state index is 0.00759. The Hall–Kier alpha value is -1.88. The Labute approximate surface area is 105 Å². The molecule has 1 aliphatic heterocycles. The molecule has 0 bridgehead atoms. The van der Waals surface area contributed by atoms with E-state index in [1.807, 2.05) is 18.2 Å². The fraction of sp³-hybridized carbons (Fsp3) is 0.385. The second kappa shape index (κ2) is 4.42. The molecule has 2 heterocycles. The zero-order chi connectivity index (χ0) is 12.5. The predicted octanol–water partition coefficient (Wildman–Crippen LogP) is 0.997. The van der Waals surface area contributed by atoms with E-state index in [1.165, 1.54) is 0 Å². The molecule has 1 saturated heterocycles. The van der Waals surface area contributed by atoms with Crippen molar-refractivity contribution in [3.63, 3.8) is 0 Å². The van der Waals surface area contributed by atoms with Crippen molar-refractivity contribution >= 4 is 16.8 Å². The van der Waals surface area contributed by atoms with E-state index in [1.54, 1.807) is 6.20 Å². The van der Waals surface area contributed by atoms with Crippen molar-refractivity contribution in [3.05, 3.63) is 30.0 Å². The van der Waals surface area contributed by atoms with Crippen LogP contribution >= 0.6 is 0 Å². The molecule has 0 spiro atoms. The van der Waals surface area contributed by atoms with E-state index in [2.05, 4.69) is 27.5 Å². The SMILES string of the molecule is CN1CCC(NC(=O)c2ccc3cn[nH]c3c2)C1. The van der Waals surface area contributed by atoms with Crippen LogP contribution in [-0.4, -0.2) is 47.2 Å². The molecule has 1 fully saturated rings. The highest BCUT2D eigenvalue weighted by Gasteiger charge is 2.21. The molecule has 1 aromatic heterocycles. The van der Waals surface area contributed by atoms with Gasteiger partial charge >= 0.3 is 0 Å². The molecule has 94 valence electrons. The number of H-pyrrole nitrogens is 1. The van der Waals surface area contributed by atoms with Gasteiger partial charge in [-0.3, -0.25) is 9.89 Å². The van der Waals surface area contributed by atoms with Crippen LogP contribution in [0.4, 0.5) is 0 Å². The van der Waals surface area contributed by atoms with Gasteiger partial charge in [0.15, 0.2) is 0 Å². The van der Waals surface area contributed by atoms with Gasteiger partial charge in [0.25, 0.3) is 5.91 Å². The third-order valence-corrected chi connectivity index (χ3v) is 3.43. The number of hydrogen-bond acceptors (Lipinski definition) is 3. The van der Waals surface area contributed by atoms with E-state index in [-0.39, 0.29) is 11.9 Å². The summed E-state index contributed by atoms with van der Waals surface area (Å²) >= 11 is 0. The first kappa shape index (κ1) is 11.2. The molecular formula is C13H16N4O. The molecule has 0 aliphatic carbocycles. The molecule has 2 aromatic rings. The lowest BCUT2D eigenvalue weighted by Gasteiger charge is -2.12. The lowest BCUT2D eigenvalue weighted by Crippen LogP contribution is -2.36. The molecule has 3 rings (SSSR count). The summed E-state index contributed by atoms with van der Waals surface area (Å²) in [6.45, 7) is 1.97. The Morgan fingerprint density at radius 1 is 1.56 bits per heavy atom. The molecule has 1 atom stereocenters. The van der Waals surface area contributed by atoms with E-state index in [0.29, 0.717) is 5.56 Å². The number of benzene rings is 1. The monoisotopic (exact) mass is 244 g/mol. The van der Waals surface area contributed by atoms with Gasteiger partial charge in [-0.2, -0.15) is 5.10 Å². The van der Waals surface area contributed by atoms with E-state index < -0.39 is 0 Å². The number of nitrogens with zero attached hydrogens (tertiary/aromatic N) is 2. The molecule has 18 heavy (non-hydrogen) atoms. The Balaban J connectivity index is 1.75. The number of carbonyl (C=O) groups is 1. The smallest absolute Gasteiger partial charge is 0.251 e. The number of rotatable bonds is 2. The van der Waals surface area contributed by atoms with Crippen molar-refractivity contribution in [1.82, 2.24) is 20.4 Å². The molecular weight excluding hydrogens is 228 g/mol. The number of aromatic amines is 1. The molecule has 1 amide bonds. The zero-order valence-electron chi connectivity index (χ0n) is 10.3. The summed E-state index contributed by atoms with van der Waals surface area (Å²) in [4.78, 5) is 14.3. The van der Waals surface area contributed by atoms with Crippen molar-refractivity contribution in [2.45, 2.75) is 12.5 Å². The van der Waals surface area contributed by atoms with E-state index in [0.717, 1.165) is 30.4 Å². The lowest BCUT2D eigenvalue weighted by atomic mass is 10.1. The highest BCUT2D eigenvalue weighted by Crippen LogP contribution is 2.13. The number of likely N-dealkylation sites (tertiary alicyclic amines) is 1. The average molecular weight is 244 g/mol. The molecule has 0 radical (unpaired) electrons. The summed E-state index contributed by atoms with van der Waals surface area (Å²) in [7, 11) is 2.07. The fourth-order valence-electron chi connectivity index (χ4n) is 2.40. The number of amides is 1. The maximum Gasteiger partial charge on any atom is 0.251 e. The van der Waals surface area contributed by atoms with Gasteiger partial charge < -0.3 is 10.2 Å². The van der Waals surface area contributed by atoms with Crippen LogP contribution in [-0.2, 0) is 0 Å². The van der Waals surface area contributed by atoms with Crippen LogP contribution in [0.1, 0.15) is 16.8 Å². The van der Waals surface area contributed by atoms with E-state index in [4.69, 9.17) is 0 Å². The van der Waals surface area contributed by atoms with Gasteiger partial charge in [-0.05, 0) is 32.1 Å². The Morgan fingerprint density at radius 3 is 3.22 bits per heavy atom. The highest BCUT2D eigenvalue weighted by molar-refractivity contribution is 5.97. The van der Waals surface area contributed by atoms with E-state index >= 15 is 0 Å². The summed E-state index contributed by atoms with van der Waals surface area (Å²) < 4.78 is 0. The molecule has 0 saturated carbocycles. The summed E-state index contributed by atoms with van der Waals surface area (Å²) in [6, 6.07) is 5.86. The summed E-state index contributed by atoms with van der Waals surface area (Å²) in [5.74, 6) is -0.00759. The third kappa shape index (κ3) is 2.09. The molecule has 1 aromatic carbocycles. The number of nitrogens with one attached hydrogen (secondary N) is 2. The van der Waals surface area contributed by atoms with Crippen molar-refractivity contribution in [1.29, 1.82) is 0 Å². The lowest BCUT2D eigenvalue weighted by molar-refractivity contribution is 0.0938. The Bertz CT molecular complexity index is 577. The minimum atomic E-state index is -0.00759. The van der Waals surface area contributed by atoms with Gasteiger partial charge in [-0.25, -0.2) is 0 Å². The normalized spacial score (nSPS) is 20.4. The van der Waals surface area contributed by atoms with E-state index in [9.17, 15) is 4.79 Å². The van der Waals surface area contributed by atoms with Crippen LogP contribution in [0, 0.1) is 0 Å². The number of aromatic nitrogens is 2. The first-order chi connectivity index (χ1) is 8.72. The van der Waals surface area contributed by atoms with Crippen molar-refractivity contribution in [2.24, 2.45) is 0 Å². The summed E-state index contributed by atoms with van der Waals surface area (Å²) in [5, 5.41) is 10.9. The first-order valence-corrected chi connectivity index (χ1v) is 6.15. The fourth-order valence-corrected chi connectivity index (χ4v) is 2.40. The predicted molar refractivity (Wildman–Crippen MR) is 69.5 cm³/mol. The second-order valence-corrected chi connectivity index (χ2v) is 4.89. The van der Waals surface area contributed by atoms with Gasteiger partial charge in [0, 0.05) is 23.5 Å². The van der Waals surface area contributed by atoms with Crippen molar-refractivity contribution < 1.29 is 4.79 Å².